The molecule has 1 aliphatic carbocycles. The molecule has 0 amide bonds. The first kappa shape index (κ1) is 16.7. The topological polar surface area (TPSA) is 18.5 Å². The van der Waals surface area contributed by atoms with Crippen molar-refractivity contribution in [3.8, 4) is 0 Å². The predicted octanol–water partition coefficient (Wildman–Crippen LogP) is 5.00. The molecule has 0 heterocycles. The van der Waals surface area contributed by atoms with Crippen LogP contribution in [0, 0.1) is 5.92 Å². The molecule has 1 atom stereocenters. The first-order chi connectivity index (χ1) is 9.84. The lowest BCUT2D eigenvalue weighted by Gasteiger charge is -2.44. The molecule has 0 bridgehead atoms. The summed E-state index contributed by atoms with van der Waals surface area (Å²) in [5, 5.41) is 0.303. The van der Waals surface area contributed by atoms with Gasteiger partial charge < -0.3 is 9.16 Å². The highest BCUT2D eigenvalue weighted by atomic mass is 28.4. The fraction of sp³-hybridized carbons (Fsp3) is 0.667. The molecule has 0 saturated heterocycles. The Labute approximate surface area is 131 Å². The summed E-state index contributed by atoms with van der Waals surface area (Å²) in [6.07, 6.45) is 2.86. The average molecular weight is 307 g/mol. The third-order valence-electron chi connectivity index (χ3n) is 5.24. The molecule has 0 spiro atoms. The summed E-state index contributed by atoms with van der Waals surface area (Å²) in [6, 6.07) is 11.7. The molecule has 1 aromatic rings. The van der Waals surface area contributed by atoms with E-state index in [1.165, 1.54) is 24.4 Å². The van der Waals surface area contributed by atoms with Crippen molar-refractivity contribution in [1.82, 2.24) is 0 Å². The van der Waals surface area contributed by atoms with E-state index in [0.29, 0.717) is 11.1 Å². The van der Waals surface area contributed by atoms with Gasteiger partial charge in [0.2, 0.25) is 0 Å². The molecule has 2 rings (SSSR count). The summed E-state index contributed by atoms with van der Waals surface area (Å²) >= 11 is 0. The van der Waals surface area contributed by atoms with E-state index < -0.39 is 8.32 Å². The highest BCUT2D eigenvalue weighted by Gasteiger charge is 2.45. The zero-order valence-electron chi connectivity index (χ0n) is 14.2. The van der Waals surface area contributed by atoms with E-state index in [1.54, 1.807) is 0 Å². The normalized spacial score (nSPS) is 25.2. The maximum atomic E-state index is 6.00. The van der Waals surface area contributed by atoms with Crippen molar-refractivity contribution in [3.63, 3.8) is 0 Å². The molecule has 118 valence electrons. The van der Waals surface area contributed by atoms with Gasteiger partial charge in [0.25, 0.3) is 0 Å². The maximum Gasteiger partial charge on any atom is 0.194 e. The lowest BCUT2D eigenvalue weighted by atomic mass is 9.84. The van der Waals surface area contributed by atoms with Gasteiger partial charge in [0.05, 0.1) is 12.7 Å². The second-order valence-electron chi connectivity index (χ2n) is 7.65. The molecule has 1 unspecified atom stereocenters. The van der Waals surface area contributed by atoms with Crippen LogP contribution in [0.3, 0.4) is 0 Å². The predicted molar refractivity (Wildman–Crippen MR) is 90.9 cm³/mol. The largest absolute Gasteiger partial charge is 0.420 e. The van der Waals surface area contributed by atoms with Gasteiger partial charge in [0, 0.05) is 7.11 Å². The van der Waals surface area contributed by atoms with E-state index in [9.17, 15) is 0 Å². The van der Waals surface area contributed by atoms with E-state index in [0.717, 1.165) is 12.5 Å². The van der Waals surface area contributed by atoms with Crippen molar-refractivity contribution in [2.45, 2.75) is 64.0 Å². The third-order valence-corrected chi connectivity index (χ3v) is 10.7. The Hall–Kier alpha value is -0.643. The summed E-state index contributed by atoms with van der Waals surface area (Å²) in [4.78, 5) is 0. The maximum absolute atomic E-state index is 6.00. The second-order valence-corrected chi connectivity index (χ2v) is 12.4. The van der Waals surface area contributed by atoms with Crippen LogP contribution in [0.15, 0.2) is 30.3 Å². The van der Waals surface area contributed by atoms with Crippen LogP contribution in [-0.4, -0.2) is 21.5 Å². The second kappa shape index (κ2) is 6.63. The molecule has 3 heteroatoms. The van der Waals surface area contributed by atoms with Crippen molar-refractivity contribution in [3.05, 3.63) is 35.9 Å². The Balaban J connectivity index is 1.74. The zero-order valence-corrected chi connectivity index (χ0v) is 15.2. The molecular weight excluding hydrogens is 276 g/mol. The highest BCUT2D eigenvalue weighted by Crippen LogP contribution is 2.45. The summed E-state index contributed by atoms with van der Waals surface area (Å²) in [5.74, 6) is 0.793. The van der Waals surface area contributed by atoms with Gasteiger partial charge in [-0.25, -0.2) is 0 Å². The minimum atomic E-state index is -1.63. The van der Waals surface area contributed by atoms with E-state index in [-0.39, 0.29) is 0 Å². The van der Waals surface area contributed by atoms with Crippen LogP contribution in [-0.2, 0) is 15.8 Å². The van der Waals surface area contributed by atoms with Crippen LogP contribution in [0.4, 0.5) is 0 Å². The molecule has 1 aromatic carbocycles. The number of benzene rings is 1. The molecule has 0 aromatic heterocycles. The lowest BCUT2D eigenvalue weighted by Crippen LogP contribution is -2.47. The van der Waals surface area contributed by atoms with Crippen molar-refractivity contribution >= 4 is 8.32 Å². The Morgan fingerprint density at radius 1 is 1.14 bits per heavy atom. The molecule has 21 heavy (non-hydrogen) atoms. The van der Waals surface area contributed by atoms with E-state index >= 15 is 0 Å². The third kappa shape index (κ3) is 4.18. The van der Waals surface area contributed by atoms with Gasteiger partial charge in [0.1, 0.15) is 0 Å². The number of ether oxygens (including phenoxy) is 1. The fourth-order valence-electron chi connectivity index (χ4n) is 3.01. The minimum Gasteiger partial charge on any atom is -0.420 e. The van der Waals surface area contributed by atoms with Gasteiger partial charge in [-0.15, -0.1) is 0 Å². The standard InChI is InChI=1S/C18H30O2Si/c1-18(2,3)21(5,19-4)14-16-11-17(12-16)20-13-15-9-7-6-8-10-15/h6-10,16-17H,11-14H2,1-5H3. The van der Waals surface area contributed by atoms with Crippen LogP contribution >= 0.6 is 0 Å². The molecule has 1 saturated carbocycles. The highest BCUT2D eigenvalue weighted by molar-refractivity contribution is 6.75. The molecule has 0 radical (unpaired) electrons. The lowest BCUT2D eigenvalue weighted by molar-refractivity contribution is -0.0364. The monoisotopic (exact) mass is 306 g/mol. The molecular formula is C18H30O2Si. The van der Waals surface area contributed by atoms with Crippen LogP contribution in [0.1, 0.15) is 39.2 Å². The molecule has 0 N–H and O–H groups in total. The molecule has 0 aliphatic heterocycles. The summed E-state index contributed by atoms with van der Waals surface area (Å²) in [7, 11) is 0.273. The first-order valence-corrected chi connectivity index (χ1v) is 10.7. The van der Waals surface area contributed by atoms with E-state index in [1.807, 2.05) is 13.2 Å². The fourth-order valence-corrected chi connectivity index (χ4v) is 5.84. The number of hydrogen-bond donors (Lipinski definition) is 0. The Morgan fingerprint density at radius 2 is 1.76 bits per heavy atom. The SMILES string of the molecule is CO[Si](C)(CC1CC(OCc2ccccc2)C1)C(C)(C)C. The van der Waals surface area contributed by atoms with Crippen LogP contribution < -0.4 is 0 Å². The van der Waals surface area contributed by atoms with Crippen LogP contribution in [0.2, 0.25) is 17.6 Å². The average Bonchev–Trinajstić information content (AvgIpc) is 2.40. The van der Waals surface area contributed by atoms with Crippen molar-refractivity contribution in [2.75, 3.05) is 7.11 Å². The van der Waals surface area contributed by atoms with Crippen molar-refractivity contribution < 1.29 is 9.16 Å². The van der Waals surface area contributed by atoms with E-state index in [2.05, 4.69) is 51.6 Å². The van der Waals surface area contributed by atoms with Crippen molar-refractivity contribution in [1.29, 1.82) is 0 Å². The van der Waals surface area contributed by atoms with Crippen LogP contribution in [0.5, 0.6) is 0 Å². The Bertz CT molecular complexity index is 434. The van der Waals surface area contributed by atoms with Gasteiger partial charge in [-0.3, -0.25) is 0 Å². The van der Waals surface area contributed by atoms with Gasteiger partial charge in [-0.05, 0) is 42.0 Å². The van der Waals surface area contributed by atoms with E-state index in [4.69, 9.17) is 9.16 Å². The molecule has 2 nitrogen and oxygen atoms in total. The quantitative estimate of drug-likeness (QED) is 0.688. The smallest absolute Gasteiger partial charge is 0.194 e. The molecule has 1 fully saturated rings. The van der Waals surface area contributed by atoms with Gasteiger partial charge in [-0.2, -0.15) is 0 Å². The summed E-state index contributed by atoms with van der Waals surface area (Å²) in [5.41, 5.74) is 1.27. The molecule has 1 aliphatic rings. The number of rotatable bonds is 6. The van der Waals surface area contributed by atoms with Crippen LogP contribution in [0.25, 0.3) is 0 Å². The van der Waals surface area contributed by atoms with Crippen molar-refractivity contribution in [2.24, 2.45) is 5.92 Å². The minimum absolute atomic E-state index is 0.303. The van der Waals surface area contributed by atoms with Gasteiger partial charge in [-0.1, -0.05) is 51.1 Å². The Kier molecular flexibility index (Phi) is 5.28. The Morgan fingerprint density at radius 3 is 2.29 bits per heavy atom. The van der Waals surface area contributed by atoms with Gasteiger partial charge >= 0.3 is 0 Å². The zero-order chi connectivity index (χ0) is 15.5. The summed E-state index contributed by atoms with van der Waals surface area (Å²) in [6.45, 7) is 10.1. The summed E-state index contributed by atoms with van der Waals surface area (Å²) < 4.78 is 12.0. The first-order valence-electron chi connectivity index (χ1n) is 8.05. The van der Waals surface area contributed by atoms with Gasteiger partial charge in [0.15, 0.2) is 8.32 Å². The number of hydrogen-bond acceptors (Lipinski definition) is 2.